The van der Waals surface area contributed by atoms with Crippen molar-refractivity contribution in [2.75, 3.05) is 10.6 Å². The predicted octanol–water partition coefficient (Wildman–Crippen LogP) is 4.07. The molecule has 0 aliphatic heterocycles. The number of rotatable bonds is 4. The first-order valence-corrected chi connectivity index (χ1v) is 8.64. The van der Waals surface area contributed by atoms with E-state index in [0.29, 0.717) is 16.9 Å². The molecule has 1 aromatic heterocycles. The summed E-state index contributed by atoms with van der Waals surface area (Å²) in [7, 11) is 0. The lowest BCUT2D eigenvalue weighted by Crippen LogP contribution is -2.19. The first-order valence-electron chi connectivity index (χ1n) is 8.64. The van der Waals surface area contributed by atoms with Gasteiger partial charge < -0.3 is 10.6 Å². The molecule has 0 saturated carbocycles. The van der Waals surface area contributed by atoms with Crippen LogP contribution in [0.1, 0.15) is 37.7 Å². The van der Waals surface area contributed by atoms with Crippen LogP contribution in [-0.4, -0.2) is 16.8 Å². The Morgan fingerprint density at radius 1 is 0.857 bits per heavy atom. The Balaban J connectivity index is 1.80. The van der Waals surface area contributed by atoms with Crippen LogP contribution in [0.4, 0.5) is 11.4 Å². The number of nitriles is 1. The second-order valence-electron chi connectivity index (χ2n) is 6.29. The molecule has 6 heteroatoms. The third-order valence-electron chi connectivity index (χ3n) is 4.15. The molecule has 28 heavy (non-hydrogen) atoms. The Morgan fingerprint density at radius 2 is 1.50 bits per heavy atom. The number of carbonyl (C=O) groups is 2. The van der Waals surface area contributed by atoms with Gasteiger partial charge in [-0.15, -0.1) is 0 Å². The summed E-state index contributed by atoms with van der Waals surface area (Å²) in [6, 6.07) is 19.1. The molecule has 0 unspecified atom stereocenters. The van der Waals surface area contributed by atoms with Crippen LogP contribution in [0.15, 0.2) is 60.7 Å². The molecule has 2 N–H and O–H groups in total. The van der Waals surface area contributed by atoms with Gasteiger partial charge in [-0.2, -0.15) is 5.26 Å². The standard InChI is InChI=1S/C22H18N4O2/c1-14-10-11-15(2)20(12-14)26-22(28)19-9-5-8-18(24-19)21(27)25-17-7-4-3-6-16(17)13-23/h3-12H,1-2H3,(H,25,27)(H,26,28). The van der Waals surface area contributed by atoms with E-state index in [0.717, 1.165) is 11.1 Å². The predicted molar refractivity (Wildman–Crippen MR) is 107 cm³/mol. The average Bonchev–Trinajstić information content (AvgIpc) is 2.71. The topological polar surface area (TPSA) is 94.9 Å². The van der Waals surface area contributed by atoms with Gasteiger partial charge >= 0.3 is 0 Å². The molecule has 0 spiro atoms. The van der Waals surface area contributed by atoms with Gasteiger partial charge in [-0.3, -0.25) is 9.59 Å². The van der Waals surface area contributed by atoms with E-state index < -0.39 is 11.8 Å². The summed E-state index contributed by atoms with van der Waals surface area (Å²) in [6.45, 7) is 3.84. The Labute approximate surface area is 162 Å². The number of para-hydroxylation sites is 1. The van der Waals surface area contributed by atoms with Crippen LogP contribution in [0.25, 0.3) is 0 Å². The quantitative estimate of drug-likeness (QED) is 0.723. The fourth-order valence-electron chi connectivity index (χ4n) is 2.62. The number of nitrogens with one attached hydrogen (secondary N) is 2. The summed E-state index contributed by atoms with van der Waals surface area (Å²) in [4.78, 5) is 29.2. The first kappa shape index (κ1) is 18.8. The molecule has 3 rings (SSSR count). The molecule has 0 fully saturated rings. The SMILES string of the molecule is Cc1ccc(C)c(NC(=O)c2cccc(C(=O)Nc3ccccc3C#N)n2)c1. The van der Waals surface area contributed by atoms with Crippen molar-refractivity contribution in [3.63, 3.8) is 0 Å². The third kappa shape index (κ3) is 4.22. The summed E-state index contributed by atoms with van der Waals surface area (Å²) in [5.74, 6) is -0.898. The number of aryl methyl sites for hydroxylation is 2. The van der Waals surface area contributed by atoms with Gasteiger partial charge in [0, 0.05) is 5.69 Å². The van der Waals surface area contributed by atoms with Gasteiger partial charge in [0.05, 0.1) is 11.3 Å². The average molecular weight is 370 g/mol. The number of benzene rings is 2. The maximum atomic E-state index is 12.6. The largest absolute Gasteiger partial charge is 0.320 e. The van der Waals surface area contributed by atoms with Crippen LogP contribution >= 0.6 is 0 Å². The fraction of sp³-hybridized carbons (Fsp3) is 0.0909. The summed E-state index contributed by atoms with van der Waals surface area (Å²) in [6.07, 6.45) is 0. The number of amides is 2. The van der Waals surface area contributed by atoms with Gasteiger partial charge in [0.1, 0.15) is 17.5 Å². The lowest BCUT2D eigenvalue weighted by Gasteiger charge is -2.10. The van der Waals surface area contributed by atoms with Gasteiger partial charge in [0.2, 0.25) is 0 Å². The van der Waals surface area contributed by atoms with Crippen LogP contribution in [0.2, 0.25) is 0 Å². The van der Waals surface area contributed by atoms with Crippen LogP contribution in [0, 0.1) is 25.2 Å². The number of hydrogen-bond donors (Lipinski definition) is 2. The van der Waals surface area contributed by atoms with Crippen molar-refractivity contribution in [2.24, 2.45) is 0 Å². The molecule has 0 radical (unpaired) electrons. The maximum absolute atomic E-state index is 12.6. The summed E-state index contributed by atoms with van der Waals surface area (Å²) in [5.41, 5.74) is 3.61. The highest BCUT2D eigenvalue weighted by atomic mass is 16.2. The Bertz CT molecular complexity index is 1100. The van der Waals surface area contributed by atoms with Gasteiger partial charge in [0.25, 0.3) is 11.8 Å². The number of hydrogen-bond acceptors (Lipinski definition) is 4. The van der Waals surface area contributed by atoms with Gasteiger partial charge in [-0.25, -0.2) is 4.98 Å². The number of pyridine rings is 1. The molecule has 1 heterocycles. The van der Waals surface area contributed by atoms with Gasteiger partial charge in [0.15, 0.2) is 0 Å². The van der Waals surface area contributed by atoms with Crippen LogP contribution < -0.4 is 10.6 Å². The highest BCUT2D eigenvalue weighted by Crippen LogP contribution is 2.18. The molecule has 138 valence electrons. The van der Waals surface area contributed by atoms with Crippen molar-refractivity contribution in [1.82, 2.24) is 4.98 Å². The number of carbonyl (C=O) groups excluding carboxylic acids is 2. The Morgan fingerprint density at radius 3 is 2.18 bits per heavy atom. The monoisotopic (exact) mass is 370 g/mol. The van der Waals surface area contributed by atoms with E-state index in [1.807, 2.05) is 38.1 Å². The van der Waals surface area contributed by atoms with Crippen molar-refractivity contribution in [3.05, 3.63) is 88.7 Å². The molecule has 0 aliphatic rings. The fourth-order valence-corrected chi connectivity index (χ4v) is 2.62. The third-order valence-corrected chi connectivity index (χ3v) is 4.15. The van der Waals surface area contributed by atoms with E-state index in [4.69, 9.17) is 5.26 Å². The van der Waals surface area contributed by atoms with Gasteiger partial charge in [-0.1, -0.05) is 30.3 Å². The summed E-state index contributed by atoms with van der Waals surface area (Å²) < 4.78 is 0. The summed E-state index contributed by atoms with van der Waals surface area (Å²) >= 11 is 0. The minimum atomic E-state index is -0.496. The Hall–Kier alpha value is -3.98. The van der Waals surface area contributed by atoms with Crippen molar-refractivity contribution in [2.45, 2.75) is 13.8 Å². The van der Waals surface area contributed by atoms with E-state index in [-0.39, 0.29) is 11.4 Å². The zero-order chi connectivity index (χ0) is 20.1. The maximum Gasteiger partial charge on any atom is 0.274 e. The first-order chi connectivity index (χ1) is 13.5. The zero-order valence-electron chi connectivity index (χ0n) is 15.5. The van der Waals surface area contributed by atoms with Crippen molar-refractivity contribution >= 4 is 23.2 Å². The second-order valence-corrected chi connectivity index (χ2v) is 6.29. The normalized spacial score (nSPS) is 10.0. The number of aromatic nitrogens is 1. The minimum Gasteiger partial charge on any atom is -0.320 e. The van der Waals surface area contributed by atoms with E-state index in [2.05, 4.69) is 15.6 Å². The molecule has 2 amide bonds. The van der Waals surface area contributed by atoms with E-state index in [1.165, 1.54) is 6.07 Å². The second kappa shape index (κ2) is 8.14. The molecule has 2 aromatic carbocycles. The molecule has 6 nitrogen and oxygen atoms in total. The molecule has 0 aliphatic carbocycles. The zero-order valence-corrected chi connectivity index (χ0v) is 15.5. The van der Waals surface area contributed by atoms with Crippen LogP contribution in [0.5, 0.6) is 0 Å². The highest BCUT2D eigenvalue weighted by molar-refractivity contribution is 6.06. The van der Waals surface area contributed by atoms with E-state index >= 15 is 0 Å². The number of nitrogens with zero attached hydrogens (tertiary/aromatic N) is 2. The molecule has 3 aromatic rings. The van der Waals surface area contributed by atoms with Crippen molar-refractivity contribution in [3.8, 4) is 6.07 Å². The lowest BCUT2D eigenvalue weighted by molar-refractivity contribution is 0.101. The number of anilines is 2. The molecule has 0 saturated heterocycles. The highest BCUT2D eigenvalue weighted by Gasteiger charge is 2.14. The lowest BCUT2D eigenvalue weighted by atomic mass is 10.1. The molecular weight excluding hydrogens is 352 g/mol. The van der Waals surface area contributed by atoms with Crippen LogP contribution in [-0.2, 0) is 0 Å². The van der Waals surface area contributed by atoms with E-state index in [1.54, 1.807) is 36.4 Å². The van der Waals surface area contributed by atoms with E-state index in [9.17, 15) is 9.59 Å². The van der Waals surface area contributed by atoms with Crippen LogP contribution in [0.3, 0.4) is 0 Å². The molecule has 0 bridgehead atoms. The van der Waals surface area contributed by atoms with Gasteiger partial charge in [-0.05, 0) is 55.3 Å². The van der Waals surface area contributed by atoms with Crippen molar-refractivity contribution in [1.29, 1.82) is 5.26 Å². The molecule has 0 atom stereocenters. The molecular formula is C22H18N4O2. The smallest absolute Gasteiger partial charge is 0.274 e. The Kier molecular flexibility index (Phi) is 5.47. The van der Waals surface area contributed by atoms with Crippen molar-refractivity contribution < 1.29 is 9.59 Å². The summed E-state index contributed by atoms with van der Waals surface area (Å²) in [5, 5.41) is 14.6. The minimum absolute atomic E-state index is 0.0846.